The number of rotatable bonds is 6. The maximum Gasteiger partial charge on any atom is 0.308 e. The summed E-state index contributed by atoms with van der Waals surface area (Å²) in [5, 5.41) is 0. The molecule has 0 saturated heterocycles. The molecule has 1 unspecified atom stereocenters. The van der Waals surface area contributed by atoms with Crippen LogP contribution in [-0.2, 0) is 10.0 Å². The number of hydrogen-bond donors (Lipinski definition) is 1. The fraction of sp³-hybridized carbons (Fsp3) is 0.316. The number of ether oxygens (including phenoxy) is 1. The number of sulfonamides is 1. The molecular formula is C19H22N2O4S2. The Hall–Kier alpha value is -2.16. The molecule has 0 aliphatic heterocycles. The molecule has 1 atom stereocenters. The van der Waals surface area contributed by atoms with Crippen molar-refractivity contribution in [1.29, 1.82) is 0 Å². The molecule has 2 aromatic carbocycles. The van der Waals surface area contributed by atoms with Crippen LogP contribution in [0.5, 0.6) is 5.75 Å². The van der Waals surface area contributed by atoms with Crippen LogP contribution in [0.1, 0.15) is 38.4 Å². The summed E-state index contributed by atoms with van der Waals surface area (Å²) in [7, 11) is -2.14. The van der Waals surface area contributed by atoms with Gasteiger partial charge in [-0.3, -0.25) is 9.36 Å². The molecule has 1 heterocycles. The summed E-state index contributed by atoms with van der Waals surface area (Å²) in [6, 6.07) is 11.6. The Balaban J connectivity index is 1.90. The minimum atomic E-state index is -3.72. The fourth-order valence-corrected chi connectivity index (χ4v) is 5.32. The van der Waals surface area contributed by atoms with E-state index in [1.54, 1.807) is 42.9 Å². The van der Waals surface area contributed by atoms with Gasteiger partial charge in [0.15, 0.2) is 0 Å². The van der Waals surface area contributed by atoms with Crippen LogP contribution in [0.15, 0.2) is 52.2 Å². The summed E-state index contributed by atoms with van der Waals surface area (Å²) in [5.74, 6) is 0.712. The van der Waals surface area contributed by atoms with Crippen LogP contribution in [0.3, 0.4) is 0 Å². The Morgan fingerprint density at radius 3 is 2.33 bits per heavy atom. The molecule has 3 rings (SSSR count). The van der Waals surface area contributed by atoms with Gasteiger partial charge in [0.25, 0.3) is 0 Å². The van der Waals surface area contributed by atoms with Gasteiger partial charge < -0.3 is 4.74 Å². The molecule has 0 fully saturated rings. The van der Waals surface area contributed by atoms with Crippen molar-refractivity contribution >= 4 is 31.6 Å². The van der Waals surface area contributed by atoms with Crippen LogP contribution in [0.4, 0.5) is 0 Å². The lowest BCUT2D eigenvalue weighted by atomic mass is 10.1. The van der Waals surface area contributed by atoms with Crippen LogP contribution < -0.4 is 14.3 Å². The van der Waals surface area contributed by atoms with Crippen LogP contribution in [0.25, 0.3) is 10.2 Å². The highest BCUT2D eigenvalue weighted by atomic mass is 32.2. The van der Waals surface area contributed by atoms with Crippen molar-refractivity contribution < 1.29 is 13.2 Å². The highest BCUT2D eigenvalue weighted by molar-refractivity contribution is 7.89. The predicted molar refractivity (Wildman–Crippen MR) is 108 cm³/mol. The van der Waals surface area contributed by atoms with E-state index in [1.165, 1.54) is 6.07 Å². The summed E-state index contributed by atoms with van der Waals surface area (Å²) in [4.78, 5) is 12.2. The van der Waals surface area contributed by atoms with E-state index >= 15 is 0 Å². The maximum absolute atomic E-state index is 12.8. The molecule has 0 radical (unpaired) electrons. The molecule has 27 heavy (non-hydrogen) atoms. The lowest BCUT2D eigenvalue weighted by Gasteiger charge is -2.15. The molecule has 0 aliphatic carbocycles. The Kier molecular flexibility index (Phi) is 5.41. The molecule has 1 aromatic heterocycles. The van der Waals surface area contributed by atoms with Gasteiger partial charge in [0, 0.05) is 12.1 Å². The predicted octanol–water partition coefficient (Wildman–Crippen LogP) is 3.69. The van der Waals surface area contributed by atoms with Gasteiger partial charge in [0.2, 0.25) is 10.0 Å². The van der Waals surface area contributed by atoms with Crippen LogP contribution >= 0.6 is 11.3 Å². The van der Waals surface area contributed by atoms with Crippen LogP contribution in [0.2, 0.25) is 0 Å². The smallest absolute Gasteiger partial charge is 0.308 e. The van der Waals surface area contributed by atoms with Crippen molar-refractivity contribution in [2.75, 3.05) is 7.11 Å². The monoisotopic (exact) mass is 406 g/mol. The van der Waals surface area contributed by atoms with E-state index in [0.29, 0.717) is 10.4 Å². The van der Waals surface area contributed by atoms with E-state index in [4.69, 9.17) is 4.74 Å². The van der Waals surface area contributed by atoms with Gasteiger partial charge in [-0.05, 0) is 56.7 Å². The first-order chi connectivity index (χ1) is 12.7. The Labute approximate surface area is 162 Å². The second-order valence-electron chi connectivity index (χ2n) is 6.58. The highest BCUT2D eigenvalue weighted by Crippen LogP contribution is 2.25. The molecule has 0 spiro atoms. The van der Waals surface area contributed by atoms with Crippen LogP contribution in [0, 0.1) is 0 Å². The second kappa shape index (κ2) is 7.46. The number of aromatic nitrogens is 1. The summed E-state index contributed by atoms with van der Waals surface area (Å²) < 4.78 is 35.7. The number of hydrogen-bond acceptors (Lipinski definition) is 5. The van der Waals surface area contributed by atoms with Gasteiger partial charge in [0.05, 0.1) is 22.2 Å². The largest absolute Gasteiger partial charge is 0.497 e. The molecule has 8 heteroatoms. The quantitative estimate of drug-likeness (QED) is 0.677. The van der Waals surface area contributed by atoms with Crippen molar-refractivity contribution in [2.24, 2.45) is 0 Å². The number of nitrogens with zero attached hydrogens (tertiary/aromatic N) is 1. The van der Waals surface area contributed by atoms with Gasteiger partial charge in [-0.1, -0.05) is 23.5 Å². The summed E-state index contributed by atoms with van der Waals surface area (Å²) in [6.07, 6.45) is 0. The number of nitrogens with one attached hydrogen (secondary N) is 1. The molecule has 3 aromatic rings. The molecule has 0 saturated carbocycles. The Bertz CT molecular complexity index is 1110. The standard InChI is InChI=1S/C19H22N2O4S2/c1-12(2)21-17-10-9-16(11-18(17)26-19(21)22)27(23,24)20-13(3)14-5-7-15(25-4)8-6-14/h5-13,20H,1-4H3. The normalized spacial score (nSPS) is 13.2. The highest BCUT2D eigenvalue weighted by Gasteiger charge is 2.20. The summed E-state index contributed by atoms with van der Waals surface area (Å²) >= 11 is 1.06. The lowest BCUT2D eigenvalue weighted by molar-refractivity contribution is 0.414. The third-order valence-electron chi connectivity index (χ3n) is 4.36. The van der Waals surface area contributed by atoms with E-state index < -0.39 is 16.1 Å². The van der Waals surface area contributed by atoms with Crippen LogP contribution in [-0.4, -0.2) is 20.1 Å². The molecular weight excluding hydrogens is 384 g/mol. The van der Waals surface area contributed by atoms with E-state index in [9.17, 15) is 13.2 Å². The Morgan fingerprint density at radius 1 is 1.07 bits per heavy atom. The molecule has 0 bridgehead atoms. The second-order valence-corrected chi connectivity index (χ2v) is 9.28. The van der Waals surface area contributed by atoms with E-state index in [-0.39, 0.29) is 15.8 Å². The van der Waals surface area contributed by atoms with Crippen molar-refractivity contribution in [1.82, 2.24) is 9.29 Å². The van der Waals surface area contributed by atoms with Gasteiger partial charge >= 0.3 is 4.87 Å². The molecule has 6 nitrogen and oxygen atoms in total. The van der Waals surface area contributed by atoms with Crippen molar-refractivity contribution in [3.8, 4) is 5.75 Å². The zero-order valence-corrected chi connectivity index (χ0v) is 17.2. The molecule has 0 aliphatic rings. The topological polar surface area (TPSA) is 77.4 Å². The first-order valence-electron chi connectivity index (χ1n) is 8.54. The minimum Gasteiger partial charge on any atom is -0.497 e. The van der Waals surface area contributed by atoms with Gasteiger partial charge in [-0.2, -0.15) is 0 Å². The molecule has 0 amide bonds. The zero-order chi connectivity index (χ0) is 19.8. The number of benzene rings is 2. The Morgan fingerprint density at radius 2 is 1.74 bits per heavy atom. The van der Waals surface area contributed by atoms with Crippen molar-refractivity contribution in [3.05, 3.63) is 57.7 Å². The van der Waals surface area contributed by atoms with Gasteiger partial charge in [-0.15, -0.1) is 0 Å². The minimum absolute atomic E-state index is 0.0157. The van der Waals surface area contributed by atoms with Gasteiger partial charge in [0.1, 0.15) is 5.75 Å². The van der Waals surface area contributed by atoms with Crippen molar-refractivity contribution in [2.45, 2.75) is 37.8 Å². The third-order valence-corrected chi connectivity index (χ3v) is 6.82. The summed E-state index contributed by atoms with van der Waals surface area (Å²) in [5.41, 5.74) is 1.58. The number of methoxy groups -OCH3 is 1. The van der Waals surface area contributed by atoms with Crippen molar-refractivity contribution in [3.63, 3.8) is 0 Å². The average molecular weight is 407 g/mol. The zero-order valence-electron chi connectivity index (χ0n) is 15.6. The van der Waals surface area contributed by atoms with E-state index in [0.717, 1.165) is 22.4 Å². The van der Waals surface area contributed by atoms with E-state index in [1.807, 2.05) is 26.0 Å². The molecule has 1 N–H and O–H groups in total. The fourth-order valence-electron chi connectivity index (χ4n) is 2.93. The third kappa shape index (κ3) is 3.92. The summed E-state index contributed by atoms with van der Waals surface area (Å²) in [6.45, 7) is 5.64. The lowest BCUT2D eigenvalue weighted by Crippen LogP contribution is -2.26. The SMILES string of the molecule is COc1ccc(C(C)NS(=O)(=O)c2ccc3c(c2)sc(=O)n3C(C)C)cc1. The first-order valence-corrected chi connectivity index (χ1v) is 10.8. The number of thiazole rings is 1. The maximum atomic E-state index is 12.8. The first kappa shape index (κ1) is 19.6. The van der Waals surface area contributed by atoms with E-state index in [2.05, 4.69) is 4.72 Å². The molecule has 144 valence electrons. The average Bonchev–Trinajstić information content (AvgIpc) is 2.96. The number of fused-ring (bicyclic) bond motifs is 1. The van der Waals surface area contributed by atoms with Gasteiger partial charge in [-0.25, -0.2) is 13.1 Å².